The quantitative estimate of drug-likeness (QED) is 0.589. The number of carbonyl (C=O) groups is 1. The van der Waals surface area contributed by atoms with Gasteiger partial charge in [-0.3, -0.25) is 4.79 Å². The van der Waals surface area contributed by atoms with E-state index < -0.39 is 0 Å². The Morgan fingerprint density at radius 2 is 1.90 bits per heavy atom. The molecule has 60 valence electrons. The van der Waals surface area contributed by atoms with E-state index in [0.717, 1.165) is 6.42 Å². The summed E-state index contributed by atoms with van der Waals surface area (Å²) in [5.41, 5.74) is 0. The van der Waals surface area contributed by atoms with Gasteiger partial charge in [0.15, 0.2) is 0 Å². The summed E-state index contributed by atoms with van der Waals surface area (Å²) in [6.45, 7) is 8.04. The summed E-state index contributed by atoms with van der Waals surface area (Å²) >= 11 is 0. The molecule has 0 rings (SSSR count). The molecule has 0 aliphatic rings. The summed E-state index contributed by atoms with van der Waals surface area (Å²) in [5, 5.41) is 0. The molecule has 0 aromatic rings. The van der Waals surface area contributed by atoms with Crippen LogP contribution in [0, 0.1) is 11.8 Å². The lowest BCUT2D eigenvalue weighted by Gasteiger charge is -2.11. The third kappa shape index (κ3) is 3.65. The van der Waals surface area contributed by atoms with E-state index in [9.17, 15) is 4.79 Å². The number of hydrogen-bond acceptors (Lipinski definition) is 1. The smallest absolute Gasteiger partial charge is 0.132 e. The van der Waals surface area contributed by atoms with Crippen LogP contribution in [0.5, 0.6) is 0 Å². The van der Waals surface area contributed by atoms with Crippen molar-refractivity contribution >= 4 is 5.78 Å². The van der Waals surface area contributed by atoms with Crippen LogP contribution in [0.2, 0.25) is 0 Å². The summed E-state index contributed by atoms with van der Waals surface area (Å²) in [6.07, 6.45) is 2.23. The van der Waals surface area contributed by atoms with Crippen LogP contribution in [-0.4, -0.2) is 5.78 Å². The number of ketones is 1. The average molecular weight is 142 g/mol. The number of carbonyl (C=O) groups excluding carboxylic acids is 1. The van der Waals surface area contributed by atoms with E-state index in [1.54, 1.807) is 6.92 Å². The Kier molecular flexibility index (Phi) is 4.33. The van der Waals surface area contributed by atoms with Gasteiger partial charge in [-0.25, -0.2) is 0 Å². The summed E-state index contributed by atoms with van der Waals surface area (Å²) in [6, 6.07) is 0. The molecule has 0 heterocycles. The zero-order valence-electron chi connectivity index (χ0n) is 7.48. The molecule has 0 aromatic heterocycles. The fourth-order valence-electron chi connectivity index (χ4n) is 0.936. The van der Waals surface area contributed by atoms with E-state index >= 15 is 0 Å². The van der Waals surface area contributed by atoms with Gasteiger partial charge in [0.25, 0.3) is 0 Å². The van der Waals surface area contributed by atoms with Crippen molar-refractivity contribution in [2.45, 2.75) is 40.5 Å². The van der Waals surface area contributed by atoms with E-state index in [0.29, 0.717) is 11.7 Å². The Morgan fingerprint density at radius 1 is 1.40 bits per heavy atom. The monoisotopic (exact) mass is 142 g/mol. The first-order chi connectivity index (χ1) is 4.57. The van der Waals surface area contributed by atoms with Crippen LogP contribution >= 0.6 is 0 Å². The largest absolute Gasteiger partial charge is 0.300 e. The molecule has 0 N–H and O–H groups in total. The molecule has 0 radical (unpaired) electrons. The van der Waals surface area contributed by atoms with Gasteiger partial charge in [-0.2, -0.15) is 0 Å². The maximum absolute atomic E-state index is 10.8. The molecule has 10 heavy (non-hydrogen) atoms. The fraction of sp³-hybridized carbons (Fsp3) is 0.889. The summed E-state index contributed by atoms with van der Waals surface area (Å²) in [7, 11) is 0. The van der Waals surface area contributed by atoms with Gasteiger partial charge in [0, 0.05) is 5.92 Å². The van der Waals surface area contributed by atoms with Crippen LogP contribution in [0.25, 0.3) is 0 Å². The van der Waals surface area contributed by atoms with Crippen LogP contribution < -0.4 is 0 Å². The molecule has 0 aromatic carbocycles. The Morgan fingerprint density at radius 3 is 2.20 bits per heavy atom. The number of Topliss-reactive ketones (excluding diaryl/α,β-unsaturated/α-hetero) is 1. The van der Waals surface area contributed by atoms with Gasteiger partial charge in [0.05, 0.1) is 0 Å². The second kappa shape index (κ2) is 4.48. The first kappa shape index (κ1) is 9.67. The molecule has 2 atom stereocenters. The van der Waals surface area contributed by atoms with Crippen molar-refractivity contribution in [3.8, 4) is 0 Å². The maximum Gasteiger partial charge on any atom is 0.132 e. The third-order valence-corrected chi connectivity index (χ3v) is 2.15. The SMILES string of the molecule is CC[C@H](C)CC(C)C(C)=O. The van der Waals surface area contributed by atoms with Gasteiger partial charge >= 0.3 is 0 Å². The van der Waals surface area contributed by atoms with E-state index in [4.69, 9.17) is 0 Å². The molecule has 0 spiro atoms. The van der Waals surface area contributed by atoms with Crippen molar-refractivity contribution in [2.75, 3.05) is 0 Å². The average Bonchev–Trinajstić information content (AvgIpc) is 1.87. The van der Waals surface area contributed by atoms with Gasteiger partial charge in [-0.15, -0.1) is 0 Å². The molecule has 0 saturated carbocycles. The van der Waals surface area contributed by atoms with Crippen LogP contribution in [-0.2, 0) is 4.79 Å². The van der Waals surface area contributed by atoms with Gasteiger partial charge < -0.3 is 0 Å². The van der Waals surface area contributed by atoms with E-state index in [-0.39, 0.29) is 5.92 Å². The standard InChI is InChI=1S/C9H18O/c1-5-7(2)6-8(3)9(4)10/h7-8H,5-6H2,1-4H3/t7-,8?/m0/s1. The summed E-state index contributed by atoms with van der Waals surface area (Å²) < 4.78 is 0. The first-order valence-electron chi connectivity index (χ1n) is 4.08. The van der Waals surface area contributed by atoms with Crippen molar-refractivity contribution < 1.29 is 4.79 Å². The van der Waals surface area contributed by atoms with Crippen LogP contribution in [0.4, 0.5) is 0 Å². The van der Waals surface area contributed by atoms with Crippen molar-refractivity contribution in [1.29, 1.82) is 0 Å². The summed E-state index contributed by atoms with van der Waals surface area (Å²) in [5.74, 6) is 1.27. The molecular formula is C9H18O. The van der Waals surface area contributed by atoms with Crippen LogP contribution in [0.15, 0.2) is 0 Å². The van der Waals surface area contributed by atoms with Gasteiger partial charge in [-0.1, -0.05) is 27.2 Å². The molecule has 0 bridgehead atoms. The maximum atomic E-state index is 10.8. The minimum Gasteiger partial charge on any atom is -0.300 e. The highest BCUT2D eigenvalue weighted by atomic mass is 16.1. The van der Waals surface area contributed by atoms with Crippen LogP contribution in [0.1, 0.15) is 40.5 Å². The van der Waals surface area contributed by atoms with E-state index in [1.807, 2.05) is 6.92 Å². The molecule has 0 saturated heterocycles. The highest BCUT2D eigenvalue weighted by Crippen LogP contribution is 2.14. The topological polar surface area (TPSA) is 17.1 Å². The lowest BCUT2D eigenvalue weighted by atomic mass is 9.93. The second-order valence-corrected chi connectivity index (χ2v) is 3.26. The summed E-state index contributed by atoms with van der Waals surface area (Å²) in [4.78, 5) is 10.8. The molecule has 0 aliphatic heterocycles. The predicted octanol–water partition coefficient (Wildman–Crippen LogP) is 2.65. The minimum absolute atomic E-state index is 0.259. The molecular weight excluding hydrogens is 124 g/mol. The zero-order chi connectivity index (χ0) is 8.15. The Bertz CT molecular complexity index is 107. The minimum atomic E-state index is 0.259. The lowest BCUT2D eigenvalue weighted by molar-refractivity contribution is -0.120. The van der Waals surface area contributed by atoms with E-state index in [1.165, 1.54) is 6.42 Å². The van der Waals surface area contributed by atoms with E-state index in [2.05, 4.69) is 13.8 Å². The Labute approximate surface area is 63.8 Å². The van der Waals surface area contributed by atoms with Crippen molar-refractivity contribution in [1.82, 2.24) is 0 Å². The van der Waals surface area contributed by atoms with Gasteiger partial charge in [0.2, 0.25) is 0 Å². The second-order valence-electron chi connectivity index (χ2n) is 3.26. The van der Waals surface area contributed by atoms with Crippen LogP contribution in [0.3, 0.4) is 0 Å². The van der Waals surface area contributed by atoms with Crippen molar-refractivity contribution in [3.05, 3.63) is 0 Å². The lowest BCUT2D eigenvalue weighted by Crippen LogP contribution is -2.10. The number of hydrogen-bond donors (Lipinski definition) is 0. The Balaban J connectivity index is 3.56. The highest BCUT2D eigenvalue weighted by molar-refractivity contribution is 5.77. The zero-order valence-corrected chi connectivity index (χ0v) is 7.48. The third-order valence-electron chi connectivity index (χ3n) is 2.15. The molecule has 1 heteroatoms. The van der Waals surface area contributed by atoms with Crippen molar-refractivity contribution in [2.24, 2.45) is 11.8 Å². The molecule has 0 fully saturated rings. The van der Waals surface area contributed by atoms with Crippen molar-refractivity contribution in [3.63, 3.8) is 0 Å². The van der Waals surface area contributed by atoms with Gasteiger partial charge in [0.1, 0.15) is 5.78 Å². The normalized spacial score (nSPS) is 16.4. The highest BCUT2D eigenvalue weighted by Gasteiger charge is 2.10. The molecule has 1 unspecified atom stereocenters. The predicted molar refractivity (Wildman–Crippen MR) is 43.9 cm³/mol. The molecule has 1 nitrogen and oxygen atoms in total. The Hall–Kier alpha value is -0.330. The van der Waals surface area contributed by atoms with Gasteiger partial charge in [-0.05, 0) is 19.3 Å². The molecule has 0 aliphatic carbocycles. The first-order valence-corrected chi connectivity index (χ1v) is 4.08. The number of rotatable bonds is 4. The molecule has 0 amide bonds. The fourth-order valence-corrected chi connectivity index (χ4v) is 0.936.